The molecule has 0 spiro atoms. The molecule has 4 nitrogen and oxygen atoms in total. The van der Waals surface area contributed by atoms with Crippen molar-refractivity contribution in [2.75, 3.05) is 0 Å². The van der Waals surface area contributed by atoms with Crippen LogP contribution in [0.15, 0.2) is 36.5 Å². The Morgan fingerprint density at radius 1 is 1.21 bits per heavy atom. The Kier molecular flexibility index (Phi) is 4.24. The Labute approximate surface area is 119 Å². The second kappa shape index (κ2) is 5.91. The van der Waals surface area contributed by atoms with Gasteiger partial charge >= 0.3 is 5.97 Å². The van der Waals surface area contributed by atoms with E-state index < -0.39 is 5.97 Å². The summed E-state index contributed by atoms with van der Waals surface area (Å²) in [6.45, 7) is 0.205. The van der Waals surface area contributed by atoms with Gasteiger partial charge in [-0.05, 0) is 30.3 Å². The number of hydrogen-bond donors (Lipinski definition) is 1. The topological polar surface area (TPSA) is 59.4 Å². The number of aromatic carboxylic acids is 1. The van der Waals surface area contributed by atoms with Gasteiger partial charge in [0.05, 0.1) is 11.3 Å². The van der Waals surface area contributed by atoms with Crippen LogP contribution in [0.5, 0.6) is 5.75 Å². The van der Waals surface area contributed by atoms with Crippen LogP contribution < -0.4 is 4.74 Å². The molecule has 0 fully saturated rings. The van der Waals surface area contributed by atoms with Crippen LogP contribution >= 0.6 is 23.2 Å². The number of hydrogen-bond acceptors (Lipinski definition) is 3. The quantitative estimate of drug-likeness (QED) is 0.935. The molecule has 1 heterocycles. The number of halogens is 2. The predicted molar refractivity (Wildman–Crippen MR) is 72.0 cm³/mol. The second-order valence-corrected chi connectivity index (χ2v) is 4.61. The highest BCUT2D eigenvalue weighted by Gasteiger charge is 2.04. The number of rotatable bonds is 4. The molecule has 0 unspecified atom stereocenters. The maximum atomic E-state index is 10.7. The lowest BCUT2D eigenvalue weighted by molar-refractivity contribution is 0.0696. The first kappa shape index (κ1) is 13.6. The van der Waals surface area contributed by atoms with Gasteiger partial charge in [-0.25, -0.2) is 4.79 Å². The van der Waals surface area contributed by atoms with Gasteiger partial charge < -0.3 is 9.84 Å². The lowest BCUT2D eigenvalue weighted by Crippen LogP contribution is -2.01. The van der Waals surface area contributed by atoms with E-state index >= 15 is 0 Å². The zero-order chi connectivity index (χ0) is 13.8. The molecule has 0 aliphatic rings. The standard InChI is InChI=1S/C13H9Cl2NO3/c14-9-3-10(15)5-12(4-9)19-7-11-2-1-8(6-16-11)13(17)18/h1-6H,7H2,(H,17,18). The van der Waals surface area contributed by atoms with E-state index in [1.807, 2.05) is 0 Å². The summed E-state index contributed by atoms with van der Waals surface area (Å²) in [4.78, 5) is 14.7. The normalized spacial score (nSPS) is 10.2. The van der Waals surface area contributed by atoms with Crippen molar-refractivity contribution < 1.29 is 14.6 Å². The second-order valence-electron chi connectivity index (χ2n) is 3.74. The maximum absolute atomic E-state index is 10.7. The third-order valence-corrected chi connectivity index (χ3v) is 2.73. The summed E-state index contributed by atoms with van der Waals surface area (Å²) in [7, 11) is 0. The van der Waals surface area contributed by atoms with Crippen molar-refractivity contribution in [1.82, 2.24) is 4.98 Å². The first-order chi connectivity index (χ1) is 9.04. The van der Waals surface area contributed by atoms with E-state index in [9.17, 15) is 4.79 Å². The maximum Gasteiger partial charge on any atom is 0.337 e. The molecule has 1 N–H and O–H groups in total. The summed E-state index contributed by atoms with van der Waals surface area (Å²) in [5.74, 6) is -0.483. The molecule has 0 bridgehead atoms. The largest absolute Gasteiger partial charge is 0.487 e. The number of ether oxygens (including phenoxy) is 1. The molecule has 0 atom stereocenters. The number of carboxylic acid groups (broad SMARTS) is 1. The molecule has 2 aromatic rings. The van der Waals surface area contributed by atoms with E-state index in [2.05, 4.69) is 4.98 Å². The smallest absolute Gasteiger partial charge is 0.337 e. The van der Waals surface area contributed by atoms with E-state index in [4.69, 9.17) is 33.0 Å². The zero-order valence-corrected chi connectivity index (χ0v) is 11.1. The predicted octanol–water partition coefficient (Wildman–Crippen LogP) is 3.67. The number of nitrogens with zero attached hydrogens (tertiary/aromatic N) is 1. The van der Waals surface area contributed by atoms with Crippen LogP contribution in [0.25, 0.3) is 0 Å². The van der Waals surface area contributed by atoms with Gasteiger partial charge in [0, 0.05) is 16.2 Å². The molecule has 0 saturated heterocycles. The summed E-state index contributed by atoms with van der Waals surface area (Å²) in [6.07, 6.45) is 1.28. The molecular formula is C13H9Cl2NO3. The van der Waals surface area contributed by atoms with Crippen molar-refractivity contribution in [3.8, 4) is 5.75 Å². The molecule has 0 aliphatic carbocycles. The van der Waals surface area contributed by atoms with Gasteiger partial charge in [-0.2, -0.15) is 0 Å². The number of carbonyl (C=O) groups is 1. The van der Waals surface area contributed by atoms with Crippen molar-refractivity contribution in [3.05, 3.63) is 57.8 Å². The fraction of sp³-hybridized carbons (Fsp3) is 0.0769. The summed E-state index contributed by atoms with van der Waals surface area (Å²) in [5, 5.41) is 9.71. The number of aromatic nitrogens is 1. The van der Waals surface area contributed by atoms with Crippen molar-refractivity contribution in [3.63, 3.8) is 0 Å². The van der Waals surface area contributed by atoms with E-state index in [0.29, 0.717) is 21.5 Å². The molecule has 6 heteroatoms. The third-order valence-electron chi connectivity index (χ3n) is 2.29. The zero-order valence-electron chi connectivity index (χ0n) is 9.64. The summed E-state index contributed by atoms with van der Waals surface area (Å²) < 4.78 is 5.48. The molecule has 1 aromatic carbocycles. The fourth-order valence-corrected chi connectivity index (χ4v) is 1.91. The summed E-state index contributed by atoms with van der Waals surface area (Å²) in [6, 6.07) is 7.95. The minimum atomic E-state index is -1.01. The first-order valence-corrected chi connectivity index (χ1v) is 6.07. The van der Waals surface area contributed by atoms with Gasteiger partial charge in [-0.3, -0.25) is 4.98 Å². The van der Waals surface area contributed by atoms with Gasteiger partial charge in [-0.15, -0.1) is 0 Å². The number of carboxylic acids is 1. The average molecular weight is 298 g/mol. The van der Waals surface area contributed by atoms with Crippen LogP contribution in [0.1, 0.15) is 16.1 Å². The molecule has 2 rings (SSSR count). The van der Waals surface area contributed by atoms with Crippen molar-refractivity contribution in [1.29, 1.82) is 0 Å². The van der Waals surface area contributed by atoms with Gasteiger partial charge in [0.1, 0.15) is 12.4 Å². The van der Waals surface area contributed by atoms with E-state index in [1.54, 1.807) is 24.3 Å². The van der Waals surface area contributed by atoms with Crippen LogP contribution in [0.2, 0.25) is 10.0 Å². The highest BCUT2D eigenvalue weighted by atomic mass is 35.5. The van der Waals surface area contributed by atoms with Crippen LogP contribution in [0, 0.1) is 0 Å². The van der Waals surface area contributed by atoms with E-state index in [0.717, 1.165) is 0 Å². The molecular weight excluding hydrogens is 289 g/mol. The van der Waals surface area contributed by atoms with Crippen molar-refractivity contribution >= 4 is 29.2 Å². The van der Waals surface area contributed by atoms with Crippen LogP contribution in [0.3, 0.4) is 0 Å². The minimum absolute atomic E-state index is 0.134. The summed E-state index contributed by atoms with van der Waals surface area (Å²) in [5.41, 5.74) is 0.746. The number of pyridine rings is 1. The Morgan fingerprint density at radius 3 is 2.42 bits per heavy atom. The lowest BCUT2D eigenvalue weighted by Gasteiger charge is -2.06. The van der Waals surface area contributed by atoms with Crippen LogP contribution in [-0.4, -0.2) is 16.1 Å². The van der Waals surface area contributed by atoms with Gasteiger partial charge in [-0.1, -0.05) is 23.2 Å². The van der Waals surface area contributed by atoms with E-state index in [-0.39, 0.29) is 12.2 Å². The molecule has 0 saturated carbocycles. The third kappa shape index (κ3) is 3.84. The van der Waals surface area contributed by atoms with Crippen molar-refractivity contribution in [2.24, 2.45) is 0 Å². The SMILES string of the molecule is O=C(O)c1ccc(COc2cc(Cl)cc(Cl)c2)nc1. The Morgan fingerprint density at radius 2 is 1.89 bits per heavy atom. The summed E-state index contributed by atoms with van der Waals surface area (Å²) >= 11 is 11.7. The Hall–Kier alpha value is -1.78. The molecule has 98 valence electrons. The number of benzene rings is 1. The van der Waals surface area contributed by atoms with E-state index in [1.165, 1.54) is 12.3 Å². The average Bonchev–Trinajstić information content (AvgIpc) is 2.36. The lowest BCUT2D eigenvalue weighted by atomic mass is 10.2. The van der Waals surface area contributed by atoms with Gasteiger partial charge in [0.25, 0.3) is 0 Å². The molecule has 0 radical (unpaired) electrons. The highest BCUT2D eigenvalue weighted by molar-refractivity contribution is 6.34. The highest BCUT2D eigenvalue weighted by Crippen LogP contribution is 2.24. The molecule has 1 aromatic heterocycles. The molecule has 0 aliphatic heterocycles. The molecule has 0 amide bonds. The van der Waals surface area contributed by atoms with Gasteiger partial charge in [0.2, 0.25) is 0 Å². The van der Waals surface area contributed by atoms with Gasteiger partial charge in [0.15, 0.2) is 0 Å². The monoisotopic (exact) mass is 297 g/mol. The first-order valence-electron chi connectivity index (χ1n) is 5.32. The fourth-order valence-electron chi connectivity index (χ4n) is 1.41. The van der Waals surface area contributed by atoms with Crippen LogP contribution in [0.4, 0.5) is 0 Å². The van der Waals surface area contributed by atoms with Crippen molar-refractivity contribution in [2.45, 2.75) is 6.61 Å². The molecule has 19 heavy (non-hydrogen) atoms. The minimum Gasteiger partial charge on any atom is -0.487 e. The Bertz CT molecular complexity index is 579. The van der Waals surface area contributed by atoms with Crippen LogP contribution in [-0.2, 0) is 6.61 Å². The Balaban J connectivity index is 2.03.